The molecule has 1 amide bonds. The lowest BCUT2D eigenvalue weighted by molar-refractivity contribution is -0.132. The molecule has 3 aromatic rings. The van der Waals surface area contributed by atoms with Gasteiger partial charge in [0.25, 0.3) is 11.4 Å². The zero-order valence-electron chi connectivity index (χ0n) is 15.8. The second-order valence-electron chi connectivity index (χ2n) is 7.03. The van der Waals surface area contributed by atoms with Gasteiger partial charge in [-0.1, -0.05) is 29.4 Å². The van der Waals surface area contributed by atoms with E-state index in [9.17, 15) is 9.59 Å². The van der Waals surface area contributed by atoms with Crippen LogP contribution in [-0.2, 0) is 11.3 Å². The third-order valence-electron chi connectivity index (χ3n) is 5.08. The molecule has 144 valence electrons. The second-order valence-corrected chi connectivity index (χ2v) is 7.03. The van der Waals surface area contributed by atoms with E-state index < -0.39 is 0 Å². The van der Waals surface area contributed by atoms with Crippen molar-refractivity contribution in [3.8, 4) is 22.8 Å². The fourth-order valence-corrected chi connectivity index (χ4v) is 3.48. The molecular weight excluding hydrogens is 356 g/mol. The van der Waals surface area contributed by atoms with E-state index in [1.165, 1.54) is 4.57 Å². The quantitative estimate of drug-likeness (QED) is 0.697. The van der Waals surface area contributed by atoms with Gasteiger partial charge in [0.15, 0.2) is 0 Å². The van der Waals surface area contributed by atoms with E-state index in [-0.39, 0.29) is 23.9 Å². The minimum Gasteiger partial charge on any atom is -0.341 e. The molecule has 0 bridgehead atoms. The maximum Gasteiger partial charge on any atom is 0.263 e. The number of aryl methyl sites for hydroxylation is 1. The van der Waals surface area contributed by atoms with Gasteiger partial charge in [-0.3, -0.25) is 9.59 Å². The van der Waals surface area contributed by atoms with Crippen LogP contribution in [0.15, 0.2) is 51.9 Å². The number of hydrogen-bond donors (Lipinski definition) is 0. The van der Waals surface area contributed by atoms with E-state index in [1.54, 1.807) is 18.3 Å². The highest BCUT2D eigenvalue weighted by Gasteiger charge is 2.19. The molecule has 1 aliphatic rings. The molecule has 4 rings (SSSR count). The predicted octanol–water partition coefficient (Wildman–Crippen LogP) is 2.89. The Labute approximate surface area is 162 Å². The minimum absolute atomic E-state index is 0.0193. The number of benzene rings is 1. The molecule has 0 atom stereocenters. The third-order valence-corrected chi connectivity index (χ3v) is 5.08. The monoisotopic (exact) mass is 378 g/mol. The molecule has 0 spiro atoms. The summed E-state index contributed by atoms with van der Waals surface area (Å²) in [6.45, 7) is 3.51. The van der Waals surface area contributed by atoms with Crippen LogP contribution in [0.5, 0.6) is 0 Å². The first-order valence-corrected chi connectivity index (χ1v) is 9.51. The number of rotatable bonds is 4. The van der Waals surface area contributed by atoms with Gasteiger partial charge in [0.1, 0.15) is 12.1 Å². The molecule has 1 aliphatic heterocycles. The lowest BCUT2D eigenvalue weighted by Crippen LogP contribution is -2.39. The van der Waals surface area contributed by atoms with Crippen LogP contribution >= 0.6 is 0 Å². The van der Waals surface area contributed by atoms with Crippen LogP contribution in [0.25, 0.3) is 22.8 Å². The van der Waals surface area contributed by atoms with Crippen molar-refractivity contribution in [3.63, 3.8) is 0 Å². The zero-order chi connectivity index (χ0) is 19.5. The van der Waals surface area contributed by atoms with Crippen molar-refractivity contribution in [1.82, 2.24) is 19.6 Å². The molecule has 28 heavy (non-hydrogen) atoms. The van der Waals surface area contributed by atoms with E-state index in [0.29, 0.717) is 11.4 Å². The van der Waals surface area contributed by atoms with E-state index in [4.69, 9.17) is 4.52 Å². The second kappa shape index (κ2) is 7.80. The average molecular weight is 378 g/mol. The number of nitrogens with zero attached hydrogens (tertiary/aromatic N) is 4. The Morgan fingerprint density at radius 1 is 1.07 bits per heavy atom. The van der Waals surface area contributed by atoms with Crippen molar-refractivity contribution in [2.45, 2.75) is 32.7 Å². The molecule has 0 saturated carbocycles. The van der Waals surface area contributed by atoms with Gasteiger partial charge in [-0.2, -0.15) is 4.98 Å². The van der Waals surface area contributed by atoms with E-state index in [2.05, 4.69) is 10.1 Å². The largest absolute Gasteiger partial charge is 0.341 e. The maximum atomic E-state index is 12.9. The Morgan fingerprint density at radius 3 is 2.61 bits per heavy atom. The Bertz CT molecular complexity index is 1050. The van der Waals surface area contributed by atoms with Crippen molar-refractivity contribution in [2.24, 2.45) is 0 Å². The van der Waals surface area contributed by atoms with Gasteiger partial charge in [0.05, 0.1) is 0 Å². The first-order valence-electron chi connectivity index (χ1n) is 9.51. The fraction of sp³-hybridized carbons (Fsp3) is 0.333. The van der Waals surface area contributed by atoms with Crippen LogP contribution in [0.1, 0.15) is 24.8 Å². The Kier molecular flexibility index (Phi) is 5.06. The highest BCUT2D eigenvalue weighted by molar-refractivity contribution is 5.76. The summed E-state index contributed by atoms with van der Waals surface area (Å²) in [6, 6.07) is 11.1. The van der Waals surface area contributed by atoms with Crippen LogP contribution in [0.3, 0.4) is 0 Å². The molecule has 2 aromatic heterocycles. The van der Waals surface area contributed by atoms with Crippen molar-refractivity contribution in [1.29, 1.82) is 0 Å². The summed E-state index contributed by atoms with van der Waals surface area (Å²) in [7, 11) is 0. The molecule has 0 unspecified atom stereocenters. The van der Waals surface area contributed by atoms with Crippen molar-refractivity contribution < 1.29 is 9.32 Å². The normalized spacial score (nSPS) is 14.2. The smallest absolute Gasteiger partial charge is 0.263 e. The summed E-state index contributed by atoms with van der Waals surface area (Å²) in [5.41, 5.74) is 1.86. The van der Waals surface area contributed by atoms with Gasteiger partial charge in [-0.25, -0.2) is 0 Å². The summed E-state index contributed by atoms with van der Waals surface area (Å²) in [4.78, 5) is 31.6. The topological polar surface area (TPSA) is 81.2 Å². The van der Waals surface area contributed by atoms with Gasteiger partial charge in [0.2, 0.25) is 11.7 Å². The number of carbonyl (C=O) groups excluding carboxylic acids is 1. The van der Waals surface area contributed by atoms with Crippen LogP contribution < -0.4 is 5.56 Å². The number of carbonyl (C=O) groups is 1. The van der Waals surface area contributed by atoms with Crippen molar-refractivity contribution >= 4 is 5.91 Å². The summed E-state index contributed by atoms with van der Waals surface area (Å²) in [5, 5.41) is 4.02. The maximum absolute atomic E-state index is 12.9. The lowest BCUT2D eigenvalue weighted by Gasteiger charge is -2.26. The number of hydrogen-bond acceptors (Lipinski definition) is 5. The summed E-state index contributed by atoms with van der Waals surface area (Å²) in [6.07, 6.45) is 4.81. The van der Waals surface area contributed by atoms with E-state index in [0.717, 1.165) is 43.5 Å². The minimum atomic E-state index is -0.312. The number of piperidine rings is 1. The molecule has 7 heteroatoms. The highest BCUT2D eigenvalue weighted by atomic mass is 16.5. The summed E-state index contributed by atoms with van der Waals surface area (Å²) >= 11 is 0. The molecule has 3 heterocycles. The molecule has 1 saturated heterocycles. The molecule has 7 nitrogen and oxygen atoms in total. The van der Waals surface area contributed by atoms with E-state index >= 15 is 0 Å². The number of amides is 1. The average Bonchev–Trinajstić information content (AvgIpc) is 3.20. The third kappa shape index (κ3) is 3.60. The van der Waals surface area contributed by atoms with Gasteiger partial charge in [-0.15, -0.1) is 0 Å². The highest BCUT2D eigenvalue weighted by Crippen LogP contribution is 2.22. The van der Waals surface area contributed by atoms with Crippen LogP contribution in [0, 0.1) is 6.92 Å². The van der Waals surface area contributed by atoms with Crippen molar-refractivity contribution in [2.75, 3.05) is 13.1 Å². The molecule has 0 N–H and O–H groups in total. The molecule has 0 aliphatic carbocycles. The first kappa shape index (κ1) is 18.2. The predicted molar refractivity (Wildman–Crippen MR) is 105 cm³/mol. The standard InChI is InChI=1S/C21H22N4O3/c1-15-8-3-4-9-16(15)19-22-20(28-23-19)17-10-7-13-25(21(17)27)14-18(26)24-11-5-2-6-12-24/h3-4,7-10,13H,2,5-6,11-12,14H2,1H3. The van der Waals surface area contributed by atoms with Gasteiger partial charge in [0, 0.05) is 24.8 Å². The molecule has 0 radical (unpaired) electrons. The molecule has 1 fully saturated rings. The van der Waals surface area contributed by atoms with Gasteiger partial charge >= 0.3 is 0 Å². The molecule has 1 aromatic carbocycles. The van der Waals surface area contributed by atoms with Crippen LogP contribution in [0.4, 0.5) is 0 Å². The van der Waals surface area contributed by atoms with E-state index in [1.807, 2.05) is 36.1 Å². The van der Waals surface area contributed by atoms with Crippen LogP contribution in [-0.4, -0.2) is 38.6 Å². The lowest BCUT2D eigenvalue weighted by atomic mass is 10.1. The summed E-state index contributed by atoms with van der Waals surface area (Å²) < 4.78 is 6.75. The van der Waals surface area contributed by atoms with Crippen LogP contribution in [0.2, 0.25) is 0 Å². The van der Waals surface area contributed by atoms with Gasteiger partial charge < -0.3 is 14.0 Å². The number of likely N-dealkylation sites (tertiary alicyclic amines) is 1. The van der Waals surface area contributed by atoms with Gasteiger partial charge in [-0.05, 0) is 43.9 Å². The molecular formula is C21H22N4O3. The number of aromatic nitrogens is 3. The Morgan fingerprint density at radius 2 is 1.82 bits per heavy atom. The first-order chi connectivity index (χ1) is 13.6. The Hall–Kier alpha value is -3.22. The summed E-state index contributed by atoms with van der Waals surface area (Å²) in [5.74, 6) is 0.556. The van der Waals surface area contributed by atoms with Crippen molar-refractivity contribution in [3.05, 3.63) is 58.5 Å². The number of pyridine rings is 1. The Balaban J connectivity index is 1.60. The SMILES string of the molecule is Cc1ccccc1-c1noc(-c2cccn(CC(=O)N3CCCCC3)c2=O)n1. The zero-order valence-corrected chi connectivity index (χ0v) is 15.8. The fourth-order valence-electron chi connectivity index (χ4n) is 3.48.